The normalized spacial score (nSPS) is 19.0. The van der Waals surface area contributed by atoms with E-state index in [9.17, 15) is 33.9 Å². The van der Waals surface area contributed by atoms with Crippen molar-refractivity contribution >= 4 is 41.1 Å². The predicted molar refractivity (Wildman–Crippen MR) is 200 cm³/mol. The molecule has 0 saturated carbocycles. The van der Waals surface area contributed by atoms with Crippen LogP contribution in [0, 0.1) is 0 Å². The highest BCUT2D eigenvalue weighted by Crippen LogP contribution is 2.33. The van der Waals surface area contributed by atoms with Crippen LogP contribution in [0.4, 0.5) is 5.69 Å². The van der Waals surface area contributed by atoms with E-state index in [1.54, 1.807) is 30.3 Å². The van der Waals surface area contributed by atoms with Crippen LogP contribution in [0.25, 0.3) is 0 Å². The molecule has 13 heteroatoms. The van der Waals surface area contributed by atoms with Crippen LogP contribution in [0.5, 0.6) is 5.75 Å². The first kappa shape index (κ1) is 36.9. The number of unbranched alkanes of at least 4 members (excludes halogenated alkanes) is 1. The molecule has 0 aromatic heterocycles. The molecule has 282 valence electrons. The third kappa shape index (κ3) is 7.64. The number of phenols is 1. The number of nitrogens with one attached hydrogen (secondary N) is 2. The number of nitrogens with zero attached hydrogens (tertiary/aromatic N) is 4. The lowest BCUT2D eigenvalue weighted by atomic mass is 9.99. The molecule has 4 aliphatic heterocycles. The Morgan fingerprint density at radius 1 is 0.889 bits per heavy atom. The van der Waals surface area contributed by atoms with Crippen molar-refractivity contribution in [1.82, 2.24) is 24.9 Å². The number of anilines is 1. The molecule has 0 aliphatic carbocycles. The van der Waals surface area contributed by atoms with E-state index in [2.05, 4.69) is 38.6 Å². The van der Waals surface area contributed by atoms with Crippen LogP contribution in [0.3, 0.4) is 0 Å². The molecule has 1 unspecified atom stereocenters. The molecule has 13 nitrogen and oxygen atoms in total. The number of amides is 6. The Balaban J connectivity index is 0.834. The summed E-state index contributed by atoms with van der Waals surface area (Å²) in [6.07, 6.45) is 1.86. The summed E-state index contributed by atoms with van der Waals surface area (Å²) < 4.78 is 0. The summed E-state index contributed by atoms with van der Waals surface area (Å²) in [5.41, 5.74) is 5.39. The second-order valence-corrected chi connectivity index (χ2v) is 15.0. The smallest absolute Gasteiger partial charge is 0.264 e. The van der Waals surface area contributed by atoms with E-state index in [1.807, 2.05) is 18.7 Å². The van der Waals surface area contributed by atoms with Gasteiger partial charge < -0.3 is 20.2 Å². The molecule has 0 spiro atoms. The zero-order valence-corrected chi connectivity index (χ0v) is 30.7. The van der Waals surface area contributed by atoms with Gasteiger partial charge >= 0.3 is 0 Å². The Labute approximate surface area is 314 Å². The summed E-state index contributed by atoms with van der Waals surface area (Å²) in [6, 6.07) is 15.2. The maximum atomic E-state index is 13.3. The number of fused-ring (bicyclic) bond motifs is 2. The van der Waals surface area contributed by atoms with Crippen molar-refractivity contribution < 1.29 is 33.9 Å². The van der Waals surface area contributed by atoms with Crippen LogP contribution < -0.4 is 10.6 Å². The molecule has 3 aromatic rings. The van der Waals surface area contributed by atoms with E-state index in [0.717, 1.165) is 56.2 Å². The summed E-state index contributed by atoms with van der Waals surface area (Å²) >= 11 is 0. The molecule has 6 amide bonds. The fourth-order valence-electron chi connectivity index (χ4n) is 7.90. The molecule has 4 heterocycles. The maximum Gasteiger partial charge on any atom is 0.264 e. The standard InChI is InChI=1S/C41H46N6O7/c1-25(2)31-21-27(11-13-34(31)48)39(52)46-23-28-10-9-26(20-29(28)24-46)22-45-18-16-44(17-19-45)15-4-3-8-35(49)42-32-7-5-6-30-37(32)41(54)47(40(30)53)33-12-14-36(50)43-38(33)51/h5-7,9-11,13,20-21,25,33,48H,3-4,8,12,14-19,22-24H2,1-2H3,(H,42,49)(H,43,50,51). The number of piperazine rings is 1. The highest BCUT2D eigenvalue weighted by atomic mass is 16.3. The molecule has 2 saturated heterocycles. The minimum Gasteiger partial charge on any atom is -0.508 e. The molecule has 4 aliphatic rings. The Morgan fingerprint density at radius 3 is 2.41 bits per heavy atom. The largest absolute Gasteiger partial charge is 0.508 e. The van der Waals surface area contributed by atoms with Gasteiger partial charge in [-0.05, 0) is 84.3 Å². The lowest BCUT2D eigenvalue weighted by molar-refractivity contribution is -0.136. The average molecular weight is 735 g/mol. The molecular weight excluding hydrogens is 688 g/mol. The number of carbonyl (C=O) groups excluding carboxylic acids is 6. The van der Waals surface area contributed by atoms with Crippen molar-refractivity contribution in [2.45, 2.75) is 77.5 Å². The average Bonchev–Trinajstić information content (AvgIpc) is 3.69. The molecule has 0 bridgehead atoms. The molecule has 54 heavy (non-hydrogen) atoms. The number of benzene rings is 3. The number of phenolic OH excluding ortho intramolecular Hbond substituents is 1. The van der Waals surface area contributed by atoms with Gasteiger partial charge in [-0.2, -0.15) is 0 Å². The van der Waals surface area contributed by atoms with Crippen molar-refractivity contribution in [3.05, 3.63) is 93.5 Å². The first-order valence-corrected chi connectivity index (χ1v) is 18.8. The van der Waals surface area contributed by atoms with Crippen LogP contribution in [0.15, 0.2) is 54.6 Å². The van der Waals surface area contributed by atoms with Gasteiger partial charge in [0.2, 0.25) is 17.7 Å². The minimum absolute atomic E-state index is 0.0278. The van der Waals surface area contributed by atoms with Crippen LogP contribution in [0.2, 0.25) is 0 Å². The molecule has 3 aromatic carbocycles. The topological polar surface area (TPSA) is 160 Å². The van der Waals surface area contributed by atoms with E-state index >= 15 is 0 Å². The van der Waals surface area contributed by atoms with Gasteiger partial charge in [0, 0.05) is 64.2 Å². The van der Waals surface area contributed by atoms with E-state index in [4.69, 9.17) is 0 Å². The van der Waals surface area contributed by atoms with E-state index in [-0.39, 0.29) is 59.6 Å². The van der Waals surface area contributed by atoms with E-state index < -0.39 is 29.7 Å². The number of hydrogen-bond donors (Lipinski definition) is 3. The van der Waals surface area contributed by atoms with Gasteiger partial charge in [-0.15, -0.1) is 0 Å². The predicted octanol–water partition coefficient (Wildman–Crippen LogP) is 4.00. The van der Waals surface area contributed by atoms with Gasteiger partial charge in [0.05, 0.1) is 16.8 Å². The lowest BCUT2D eigenvalue weighted by Gasteiger charge is -2.34. The van der Waals surface area contributed by atoms with Gasteiger partial charge in [0.15, 0.2) is 0 Å². The van der Waals surface area contributed by atoms with Crippen LogP contribution in [-0.2, 0) is 34.0 Å². The molecule has 7 rings (SSSR count). The summed E-state index contributed by atoms with van der Waals surface area (Å²) in [5, 5.41) is 15.2. The quantitative estimate of drug-likeness (QED) is 0.196. The highest BCUT2D eigenvalue weighted by molar-refractivity contribution is 6.26. The van der Waals surface area contributed by atoms with Crippen LogP contribution in [0.1, 0.15) is 105 Å². The van der Waals surface area contributed by atoms with Crippen molar-refractivity contribution in [1.29, 1.82) is 0 Å². The van der Waals surface area contributed by atoms with E-state index in [1.165, 1.54) is 22.8 Å². The number of piperidine rings is 1. The second kappa shape index (κ2) is 15.5. The first-order chi connectivity index (χ1) is 26.0. The molecule has 1 atom stereocenters. The molecule has 3 N–H and O–H groups in total. The van der Waals surface area contributed by atoms with Gasteiger partial charge in [-0.1, -0.05) is 38.1 Å². The molecular formula is C41H46N6O7. The number of imide groups is 2. The van der Waals surface area contributed by atoms with Crippen molar-refractivity contribution in [3.8, 4) is 5.75 Å². The second-order valence-electron chi connectivity index (χ2n) is 15.0. The zero-order valence-electron chi connectivity index (χ0n) is 30.7. The SMILES string of the molecule is CC(C)c1cc(C(=O)N2Cc3ccc(CN4CCN(CCCCC(=O)Nc5cccc6c5C(=O)N(C5CCC(=O)NC5=O)C6=O)CC4)cc3C2)ccc1O. The van der Waals surface area contributed by atoms with Crippen molar-refractivity contribution in [2.24, 2.45) is 0 Å². The Hall–Kier alpha value is -5.40. The fourth-order valence-corrected chi connectivity index (χ4v) is 7.90. The Morgan fingerprint density at radius 2 is 1.65 bits per heavy atom. The highest BCUT2D eigenvalue weighted by Gasteiger charge is 2.45. The van der Waals surface area contributed by atoms with Crippen LogP contribution >= 0.6 is 0 Å². The lowest BCUT2D eigenvalue weighted by Crippen LogP contribution is -2.54. The Kier molecular flexibility index (Phi) is 10.6. The summed E-state index contributed by atoms with van der Waals surface area (Å²) in [7, 11) is 0. The summed E-state index contributed by atoms with van der Waals surface area (Å²) in [5.74, 6) is -2.32. The third-order valence-electron chi connectivity index (χ3n) is 10.9. The van der Waals surface area contributed by atoms with Crippen molar-refractivity contribution in [2.75, 3.05) is 38.0 Å². The Bertz CT molecular complexity index is 2020. The van der Waals surface area contributed by atoms with Gasteiger partial charge in [0.25, 0.3) is 17.7 Å². The fraction of sp³-hybridized carbons (Fsp3) is 0.415. The zero-order chi connectivity index (χ0) is 38.1. The number of rotatable bonds is 11. The molecule has 2 fully saturated rings. The third-order valence-corrected chi connectivity index (χ3v) is 10.9. The van der Waals surface area contributed by atoms with Crippen molar-refractivity contribution in [3.63, 3.8) is 0 Å². The van der Waals surface area contributed by atoms with Crippen LogP contribution in [-0.4, -0.2) is 98.9 Å². The first-order valence-electron chi connectivity index (χ1n) is 18.8. The summed E-state index contributed by atoms with van der Waals surface area (Å²) in [4.78, 5) is 84.2. The number of aromatic hydroxyl groups is 1. The van der Waals surface area contributed by atoms with Gasteiger partial charge in [0.1, 0.15) is 11.8 Å². The number of hydrogen-bond acceptors (Lipinski definition) is 9. The monoisotopic (exact) mass is 734 g/mol. The number of carbonyl (C=O) groups is 6. The van der Waals surface area contributed by atoms with Gasteiger partial charge in [-0.3, -0.25) is 43.9 Å². The minimum atomic E-state index is -1.07. The van der Waals surface area contributed by atoms with Gasteiger partial charge in [-0.25, -0.2) is 0 Å². The molecule has 0 radical (unpaired) electrons. The summed E-state index contributed by atoms with van der Waals surface area (Å²) in [6.45, 7) is 10.6. The van der Waals surface area contributed by atoms with E-state index in [0.29, 0.717) is 25.1 Å². The maximum absolute atomic E-state index is 13.3.